The first-order valence-corrected chi connectivity index (χ1v) is 6.29. The van der Waals surface area contributed by atoms with Crippen molar-refractivity contribution in [1.82, 2.24) is 4.72 Å². The molecular weight excluding hydrogens is 174 g/mol. The molecule has 0 bridgehead atoms. The summed E-state index contributed by atoms with van der Waals surface area (Å²) in [6.07, 6.45) is 4.63. The zero-order valence-electron chi connectivity index (χ0n) is 8.13. The van der Waals surface area contributed by atoms with Gasteiger partial charge in [-0.2, -0.15) is 0 Å². The number of rotatable bonds is 6. The fourth-order valence-corrected chi connectivity index (χ4v) is 1.54. The Morgan fingerprint density at radius 1 is 1.42 bits per heavy atom. The lowest BCUT2D eigenvalue weighted by molar-refractivity contribution is 0.492. The molecule has 0 aliphatic rings. The van der Waals surface area contributed by atoms with Crippen molar-refractivity contribution in [2.75, 3.05) is 12.8 Å². The average molecular weight is 193 g/mol. The van der Waals surface area contributed by atoms with Crippen LogP contribution in [-0.2, 0) is 10.0 Å². The molecule has 1 atom stereocenters. The highest BCUT2D eigenvalue weighted by molar-refractivity contribution is 7.88. The maximum absolute atomic E-state index is 10.7. The lowest BCUT2D eigenvalue weighted by Gasteiger charge is -2.10. The highest BCUT2D eigenvalue weighted by Crippen LogP contribution is 2.05. The molecule has 0 saturated heterocycles. The first-order chi connectivity index (χ1) is 5.45. The Labute approximate surface area is 75.6 Å². The predicted octanol–water partition coefficient (Wildman–Crippen LogP) is 1.36. The van der Waals surface area contributed by atoms with Crippen molar-refractivity contribution < 1.29 is 8.42 Å². The van der Waals surface area contributed by atoms with E-state index in [9.17, 15) is 8.42 Å². The molecule has 0 saturated carbocycles. The van der Waals surface area contributed by atoms with Crippen molar-refractivity contribution in [3.63, 3.8) is 0 Å². The second-order valence-electron chi connectivity index (χ2n) is 3.37. The molecule has 0 spiro atoms. The van der Waals surface area contributed by atoms with Gasteiger partial charge in [-0.05, 0) is 12.3 Å². The Hall–Kier alpha value is -0.0900. The Morgan fingerprint density at radius 3 is 2.42 bits per heavy atom. The monoisotopic (exact) mass is 193 g/mol. The van der Waals surface area contributed by atoms with Crippen LogP contribution in [0.5, 0.6) is 0 Å². The normalized spacial score (nSPS) is 14.6. The van der Waals surface area contributed by atoms with Crippen LogP contribution in [-0.4, -0.2) is 21.2 Å². The molecule has 0 aliphatic heterocycles. The molecule has 1 unspecified atom stereocenters. The minimum Gasteiger partial charge on any atom is -0.215 e. The van der Waals surface area contributed by atoms with Gasteiger partial charge in [0.05, 0.1) is 6.26 Å². The molecule has 0 aromatic carbocycles. The van der Waals surface area contributed by atoms with Crippen molar-refractivity contribution >= 4 is 10.0 Å². The zero-order chi connectivity index (χ0) is 9.61. The summed E-state index contributed by atoms with van der Waals surface area (Å²) in [5.74, 6) is 0.444. The lowest BCUT2D eigenvalue weighted by Crippen LogP contribution is -2.27. The van der Waals surface area contributed by atoms with Gasteiger partial charge in [0.1, 0.15) is 0 Å². The first-order valence-electron chi connectivity index (χ1n) is 4.40. The molecule has 0 fully saturated rings. The summed E-state index contributed by atoms with van der Waals surface area (Å²) in [6, 6.07) is 0. The van der Waals surface area contributed by atoms with E-state index >= 15 is 0 Å². The quantitative estimate of drug-likeness (QED) is 0.692. The van der Waals surface area contributed by atoms with Gasteiger partial charge in [-0.1, -0.05) is 26.7 Å². The number of nitrogens with one attached hydrogen (secondary N) is 1. The van der Waals surface area contributed by atoms with Crippen LogP contribution in [0.2, 0.25) is 0 Å². The Balaban J connectivity index is 3.51. The SMILES string of the molecule is CCCCC(C)CNS(C)(=O)=O. The van der Waals surface area contributed by atoms with Gasteiger partial charge >= 0.3 is 0 Å². The fraction of sp³-hybridized carbons (Fsp3) is 1.00. The third-order valence-corrected chi connectivity index (χ3v) is 2.44. The summed E-state index contributed by atoms with van der Waals surface area (Å²) in [7, 11) is -2.99. The maximum atomic E-state index is 10.7. The largest absolute Gasteiger partial charge is 0.215 e. The van der Waals surface area contributed by atoms with Gasteiger partial charge in [-0.3, -0.25) is 0 Å². The van der Waals surface area contributed by atoms with Crippen molar-refractivity contribution in [2.24, 2.45) is 5.92 Å². The van der Waals surface area contributed by atoms with Crippen LogP contribution >= 0.6 is 0 Å². The van der Waals surface area contributed by atoms with Crippen molar-refractivity contribution in [2.45, 2.75) is 33.1 Å². The lowest BCUT2D eigenvalue weighted by atomic mass is 10.1. The van der Waals surface area contributed by atoms with Crippen LogP contribution in [0.25, 0.3) is 0 Å². The third kappa shape index (κ3) is 8.01. The summed E-state index contributed by atoms with van der Waals surface area (Å²) in [5.41, 5.74) is 0. The van der Waals surface area contributed by atoms with Crippen LogP contribution in [0, 0.1) is 5.92 Å². The number of sulfonamides is 1. The van der Waals surface area contributed by atoms with Gasteiger partial charge in [-0.15, -0.1) is 0 Å². The van der Waals surface area contributed by atoms with E-state index in [4.69, 9.17) is 0 Å². The van der Waals surface area contributed by atoms with Crippen LogP contribution in [0.3, 0.4) is 0 Å². The van der Waals surface area contributed by atoms with Gasteiger partial charge in [0.15, 0.2) is 0 Å². The number of unbranched alkanes of at least 4 members (excludes halogenated alkanes) is 1. The average Bonchev–Trinajstić information content (AvgIpc) is 1.95. The summed E-state index contributed by atoms with van der Waals surface area (Å²) in [4.78, 5) is 0. The first kappa shape index (κ1) is 11.9. The van der Waals surface area contributed by atoms with Crippen molar-refractivity contribution in [3.8, 4) is 0 Å². The third-order valence-electron chi connectivity index (χ3n) is 1.74. The summed E-state index contributed by atoms with van der Waals surface area (Å²) in [6.45, 7) is 4.77. The van der Waals surface area contributed by atoms with Crippen molar-refractivity contribution in [3.05, 3.63) is 0 Å². The topological polar surface area (TPSA) is 46.2 Å². The van der Waals surface area contributed by atoms with Gasteiger partial charge in [0.2, 0.25) is 10.0 Å². The molecule has 0 aliphatic carbocycles. The Bertz CT molecular complexity index is 199. The Kier molecular flexibility index (Phi) is 5.50. The van der Waals surface area contributed by atoms with E-state index in [1.54, 1.807) is 0 Å². The van der Waals surface area contributed by atoms with Gasteiger partial charge in [0.25, 0.3) is 0 Å². The molecular formula is C8H19NO2S. The van der Waals surface area contributed by atoms with E-state index < -0.39 is 10.0 Å². The second-order valence-corrected chi connectivity index (χ2v) is 5.20. The molecule has 74 valence electrons. The highest BCUT2D eigenvalue weighted by Gasteiger charge is 2.04. The maximum Gasteiger partial charge on any atom is 0.208 e. The van der Waals surface area contributed by atoms with E-state index in [-0.39, 0.29) is 0 Å². The molecule has 0 rings (SSSR count). The van der Waals surface area contributed by atoms with Crippen LogP contribution in [0.15, 0.2) is 0 Å². The molecule has 0 heterocycles. The molecule has 0 radical (unpaired) electrons. The van der Waals surface area contributed by atoms with Crippen LogP contribution < -0.4 is 4.72 Å². The minimum atomic E-state index is -2.99. The van der Waals surface area contributed by atoms with Crippen LogP contribution in [0.1, 0.15) is 33.1 Å². The van der Waals surface area contributed by atoms with E-state index in [0.717, 1.165) is 6.42 Å². The van der Waals surface area contributed by atoms with E-state index in [1.807, 2.05) is 0 Å². The van der Waals surface area contributed by atoms with Crippen LogP contribution in [0.4, 0.5) is 0 Å². The van der Waals surface area contributed by atoms with E-state index in [1.165, 1.54) is 19.1 Å². The number of hydrogen-bond donors (Lipinski definition) is 1. The molecule has 12 heavy (non-hydrogen) atoms. The van der Waals surface area contributed by atoms with E-state index in [0.29, 0.717) is 12.5 Å². The summed E-state index contributed by atoms with van der Waals surface area (Å²) < 4.78 is 23.9. The molecule has 1 N–H and O–H groups in total. The molecule has 0 amide bonds. The standard InChI is InChI=1S/C8H19NO2S/c1-4-5-6-8(2)7-9-12(3,10)11/h8-9H,4-7H2,1-3H3. The molecule has 0 aromatic heterocycles. The molecule has 4 heteroatoms. The summed E-state index contributed by atoms with van der Waals surface area (Å²) in [5, 5.41) is 0. The predicted molar refractivity (Wildman–Crippen MR) is 51.5 cm³/mol. The number of hydrogen-bond acceptors (Lipinski definition) is 2. The second kappa shape index (κ2) is 5.54. The smallest absolute Gasteiger partial charge is 0.208 e. The van der Waals surface area contributed by atoms with Crippen molar-refractivity contribution in [1.29, 1.82) is 0 Å². The van der Waals surface area contributed by atoms with Gasteiger partial charge in [0, 0.05) is 6.54 Å². The van der Waals surface area contributed by atoms with E-state index in [2.05, 4.69) is 18.6 Å². The minimum absolute atomic E-state index is 0.444. The van der Waals surface area contributed by atoms with Gasteiger partial charge in [-0.25, -0.2) is 13.1 Å². The highest BCUT2D eigenvalue weighted by atomic mass is 32.2. The zero-order valence-corrected chi connectivity index (χ0v) is 8.95. The van der Waals surface area contributed by atoms with Gasteiger partial charge < -0.3 is 0 Å². The Morgan fingerprint density at radius 2 is 2.00 bits per heavy atom. The summed E-state index contributed by atoms with van der Waals surface area (Å²) >= 11 is 0. The fourth-order valence-electron chi connectivity index (χ4n) is 0.948. The molecule has 0 aromatic rings. The molecule has 3 nitrogen and oxygen atoms in total.